The van der Waals surface area contributed by atoms with Crippen molar-refractivity contribution in [3.63, 3.8) is 0 Å². The summed E-state index contributed by atoms with van der Waals surface area (Å²) in [6, 6.07) is 16.7. The van der Waals surface area contributed by atoms with Gasteiger partial charge in [0.2, 0.25) is 0 Å². The maximum atomic E-state index is 3.58. The average molecular weight is 854 g/mol. The van der Waals surface area contributed by atoms with Gasteiger partial charge < -0.3 is 0 Å². The molecule has 0 heterocycles. The SMILES string of the molecule is CCCCCCCCCCCCCCCCC1(CCCCCCCCCCCCCCCC)c2ccccc2-c2ccc(C#[C][Hg][CH3])cc21. The van der Waals surface area contributed by atoms with Crippen LogP contribution in [0.1, 0.15) is 223 Å². The molecule has 0 saturated heterocycles. The predicted molar refractivity (Wildman–Crippen MR) is 215 cm³/mol. The van der Waals surface area contributed by atoms with Crippen molar-refractivity contribution in [3.05, 3.63) is 59.2 Å². The minimum atomic E-state index is -0.956. The fourth-order valence-electron chi connectivity index (χ4n) is 8.63. The summed E-state index contributed by atoms with van der Waals surface area (Å²) in [5, 5.41) is 0. The number of hydrogen-bond donors (Lipinski definition) is 0. The molecule has 0 spiro atoms. The van der Waals surface area contributed by atoms with Crippen LogP contribution in [0, 0.1) is 9.35 Å². The van der Waals surface area contributed by atoms with Crippen LogP contribution in [0.4, 0.5) is 0 Å². The summed E-state index contributed by atoms with van der Waals surface area (Å²) in [6.07, 6.45) is 42.6. The van der Waals surface area contributed by atoms with Gasteiger partial charge in [0.05, 0.1) is 0 Å². The number of unbranched alkanes of at least 4 members (excludes halogenated alkanes) is 26. The monoisotopic (exact) mass is 855 g/mol. The van der Waals surface area contributed by atoms with E-state index in [1.54, 1.807) is 11.1 Å². The Morgan fingerprint density at radius 3 is 1.27 bits per heavy atom. The third-order valence-electron chi connectivity index (χ3n) is 11.6. The van der Waals surface area contributed by atoms with Gasteiger partial charge in [0, 0.05) is 0 Å². The Balaban J connectivity index is 1.47. The Kier molecular flexibility index (Phi) is 23.8. The van der Waals surface area contributed by atoms with Crippen molar-refractivity contribution in [1.29, 1.82) is 0 Å². The van der Waals surface area contributed by atoms with E-state index in [1.165, 1.54) is 209 Å². The summed E-state index contributed by atoms with van der Waals surface area (Å²) in [4.78, 5) is 0. The molecule has 0 N–H and O–H groups in total. The van der Waals surface area contributed by atoms with Crippen LogP contribution in [0.2, 0.25) is 4.43 Å². The van der Waals surface area contributed by atoms with Crippen LogP contribution in [0.15, 0.2) is 42.5 Å². The van der Waals surface area contributed by atoms with E-state index in [2.05, 4.69) is 70.1 Å². The van der Waals surface area contributed by atoms with Crippen LogP contribution < -0.4 is 0 Å². The standard InChI is InChI=1S/C47H73.CH3.Hg/c1-4-7-9-11-13-15-17-19-21-23-25-27-29-33-39-47(40-34-30-28-26-24-22-20-18-16-14-12-10-8-5-2)45-36-32-31-35-43(45)44-38-37-42(6-3)41-46(44)47;;/h31-32,35-38,41H,4-5,7-30,33-34,39-40H2,1-2H3;1H3;. The van der Waals surface area contributed by atoms with Gasteiger partial charge in [0.25, 0.3) is 0 Å². The second-order valence-corrected chi connectivity index (χ2v) is 19.9. The van der Waals surface area contributed by atoms with Gasteiger partial charge in [0.15, 0.2) is 0 Å². The first-order valence-electron chi connectivity index (χ1n) is 22.0. The Morgan fingerprint density at radius 2 is 0.837 bits per heavy atom. The van der Waals surface area contributed by atoms with Crippen molar-refractivity contribution in [2.75, 3.05) is 0 Å². The molecule has 0 amide bonds. The van der Waals surface area contributed by atoms with Crippen LogP contribution in [-0.4, -0.2) is 0 Å². The van der Waals surface area contributed by atoms with E-state index in [-0.39, 0.29) is 5.41 Å². The van der Waals surface area contributed by atoms with E-state index in [1.807, 2.05) is 0 Å². The summed E-state index contributed by atoms with van der Waals surface area (Å²) in [5.74, 6) is 3.58. The van der Waals surface area contributed by atoms with Gasteiger partial charge in [-0.05, 0) is 0 Å². The van der Waals surface area contributed by atoms with Crippen molar-refractivity contribution in [2.24, 2.45) is 0 Å². The fourth-order valence-corrected chi connectivity index (χ4v) is 10.1. The van der Waals surface area contributed by atoms with Crippen molar-refractivity contribution < 1.29 is 24.6 Å². The van der Waals surface area contributed by atoms with Crippen molar-refractivity contribution in [1.82, 2.24) is 0 Å². The Labute approximate surface area is 318 Å². The summed E-state index contributed by atoms with van der Waals surface area (Å²) >= 11 is -0.956. The van der Waals surface area contributed by atoms with Gasteiger partial charge in [0.1, 0.15) is 0 Å². The van der Waals surface area contributed by atoms with Gasteiger partial charge in [-0.3, -0.25) is 0 Å². The van der Waals surface area contributed by atoms with Gasteiger partial charge in [-0.25, -0.2) is 0 Å². The first-order chi connectivity index (χ1) is 24.3. The number of benzene rings is 2. The summed E-state index contributed by atoms with van der Waals surface area (Å²) in [6.45, 7) is 4.63. The Bertz CT molecular complexity index is 1130. The maximum absolute atomic E-state index is 3.58. The molecule has 2 aromatic carbocycles. The van der Waals surface area contributed by atoms with Gasteiger partial charge in [-0.2, -0.15) is 0 Å². The van der Waals surface area contributed by atoms with Gasteiger partial charge in [-0.15, -0.1) is 0 Å². The molecule has 0 atom stereocenters. The molecule has 0 nitrogen and oxygen atoms in total. The van der Waals surface area contributed by atoms with E-state index in [4.69, 9.17) is 0 Å². The molecule has 2 aromatic rings. The zero-order valence-corrected chi connectivity index (χ0v) is 38.5. The molecule has 49 heavy (non-hydrogen) atoms. The molecule has 1 heteroatoms. The fraction of sp³-hybridized carbons (Fsp3) is 0.708. The molecule has 0 bridgehead atoms. The average Bonchev–Trinajstić information content (AvgIpc) is 3.39. The van der Waals surface area contributed by atoms with Gasteiger partial charge in [-0.1, -0.05) is 129 Å². The number of fused-ring (bicyclic) bond motifs is 3. The van der Waals surface area contributed by atoms with E-state index < -0.39 is 24.6 Å². The van der Waals surface area contributed by atoms with Crippen LogP contribution in [0.3, 0.4) is 0 Å². The van der Waals surface area contributed by atoms with Gasteiger partial charge >= 0.3 is 191 Å². The Morgan fingerprint density at radius 1 is 0.449 bits per heavy atom. The minimum absolute atomic E-state index is 0.175. The summed E-state index contributed by atoms with van der Waals surface area (Å²) in [5.41, 5.74) is 7.67. The van der Waals surface area contributed by atoms with Crippen LogP contribution in [0.25, 0.3) is 11.1 Å². The number of hydrogen-bond acceptors (Lipinski definition) is 0. The van der Waals surface area contributed by atoms with Crippen molar-refractivity contribution in [3.8, 4) is 20.5 Å². The molecule has 0 saturated carbocycles. The molecule has 270 valence electrons. The quantitative estimate of drug-likeness (QED) is 0.0417. The molecule has 1 aliphatic carbocycles. The van der Waals surface area contributed by atoms with Crippen LogP contribution in [-0.2, 0) is 30.0 Å². The molecule has 0 aliphatic heterocycles. The zero-order chi connectivity index (χ0) is 34.7. The molecule has 3 rings (SSSR count). The van der Waals surface area contributed by atoms with E-state index in [0.717, 1.165) is 0 Å². The topological polar surface area (TPSA) is 0 Å². The van der Waals surface area contributed by atoms with E-state index >= 15 is 0 Å². The molecule has 0 aromatic heterocycles. The Hall–Kier alpha value is -1.06. The normalized spacial score (nSPS) is 12.7. The first-order valence-corrected chi connectivity index (χ1v) is 30.2. The zero-order valence-electron chi connectivity index (χ0n) is 33.0. The number of rotatable bonds is 30. The van der Waals surface area contributed by atoms with Crippen molar-refractivity contribution >= 4 is 0 Å². The molecule has 0 fully saturated rings. The molecular formula is C48H76Hg. The third-order valence-corrected chi connectivity index (χ3v) is 13.7. The first kappa shape index (κ1) is 42.3. The molecule has 1 aliphatic rings. The van der Waals surface area contributed by atoms with Crippen LogP contribution in [0.5, 0.6) is 0 Å². The molecule has 0 radical (unpaired) electrons. The third kappa shape index (κ3) is 16.0. The second kappa shape index (κ2) is 27.6. The predicted octanol–water partition coefficient (Wildman–Crippen LogP) is 16.1. The second-order valence-electron chi connectivity index (χ2n) is 15.7. The molecular weight excluding hydrogens is 777 g/mol. The molecule has 0 unspecified atom stereocenters. The van der Waals surface area contributed by atoms with Crippen molar-refractivity contribution in [2.45, 2.75) is 216 Å². The summed E-state index contributed by atoms with van der Waals surface area (Å²) < 4.78 is 5.95. The summed E-state index contributed by atoms with van der Waals surface area (Å²) in [7, 11) is 0. The van der Waals surface area contributed by atoms with E-state index in [9.17, 15) is 0 Å². The van der Waals surface area contributed by atoms with Crippen LogP contribution >= 0.6 is 0 Å². The van der Waals surface area contributed by atoms with E-state index in [0.29, 0.717) is 0 Å².